The highest BCUT2D eigenvalue weighted by molar-refractivity contribution is 8.13. The van der Waals surface area contributed by atoms with Gasteiger partial charge in [0.15, 0.2) is 22.7 Å². The van der Waals surface area contributed by atoms with Crippen molar-refractivity contribution in [2.75, 3.05) is 25.4 Å². The summed E-state index contributed by atoms with van der Waals surface area (Å²) in [4.78, 5) is 61.7. The predicted octanol–water partition coefficient (Wildman–Crippen LogP) is -0.265. The molecule has 0 radical (unpaired) electrons. The lowest BCUT2D eigenvalue weighted by Gasteiger charge is -2.33. The van der Waals surface area contributed by atoms with Crippen LogP contribution in [0.2, 0.25) is 0 Å². The summed E-state index contributed by atoms with van der Waals surface area (Å²) in [7, 11) is 0. The number of hydrogen-bond donors (Lipinski definition) is 5. The van der Waals surface area contributed by atoms with Crippen LogP contribution in [0.3, 0.4) is 0 Å². The third kappa shape index (κ3) is 9.04. The van der Waals surface area contributed by atoms with E-state index in [1.54, 1.807) is 0 Å². The molecule has 1 aromatic carbocycles. The van der Waals surface area contributed by atoms with Crippen LogP contribution in [-0.4, -0.2) is 76.7 Å². The molecule has 0 saturated carbocycles. The number of hydrogen-bond acceptors (Lipinski definition) is 11. The fraction of sp³-hybridized carbons (Fsp3) is 0.522. The third-order valence-electron chi connectivity index (χ3n) is 5.21. The highest BCUT2D eigenvalue weighted by Crippen LogP contribution is 2.27. The summed E-state index contributed by atoms with van der Waals surface area (Å²) in [6.07, 6.45) is -2.03. The van der Waals surface area contributed by atoms with E-state index in [1.165, 1.54) is 32.0 Å². The number of rotatable bonds is 4. The SMILES string of the molecule is CC1(C)COC(=O)CC(=O)SCCNC(=O)CCNC(=O)[C@@H]1OC(=O)[C@@H](N)Cc1ccc(O)c(O)c1. The molecule has 0 unspecified atom stereocenters. The molecule has 1 heterocycles. The molecular formula is C23H31N3O9S. The van der Waals surface area contributed by atoms with Crippen LogP contribution < -0.4 is 16.4 Å². The number of carbonyl (C=O) groups excluding carboxylic acids is 5. The van der Waals surface area contributed by atoms with E-state index in [0.29, 0.717) is 5.56 Å². The van der Waals surface area contributed by atoms with E-state index in [2.05, 4.69) is 10.6 Å². The number of cyclic esters (lactones) is 1. The summed E-state index contributed by atoms with van der Waals surface area (Å²) in [5.41, 5.74) is 5.18. The van der Waals surface area contributed by atoms with Gasteiger partial charge >= 0.3 is 11.9 Å². The van der Waals surface area contributed by atoms with Crippen molar-refractivity contribution in [2.24, 2.45) is 11.1 Å². The van der Waals surface area contributed by atoms with E-state index in [9.17, 15) is 34.2 Å². The maximum atomic E-state index is 12.9. The van der Waals surface area contributed by atoms with Crippen molar-refractivity contribution in [1.82, 2.24) is 10.6 Å². The van der Waals surface area contributed by atoms with Crippen molar-refractivity contribution in [3.05, 3.63) is 23.8 Å². The van der Waals surface area contributed by atoms with Crippen LogP contribution in [0, 0.1) is 5.41 Å². The van der Waals surface area contributed by atoms with Crippen LogP contribution in [0.15, 0.2) is 18.2 Å². The lowest BCUT2D eigenvalue weighted by atomic mass is 9.86. The minimum absolute atomic E-state index is 0.0374. The van der Waals surface area contributed by atoms with E-state index in [1.807, 2.05) is 0 Å². The second-order valence-corrected chi connectivity index (χ2v) is 10.0. The zero-order valence-corrected chi connectivity index (χ0v) is 20.9. The summed E-state index contributed by atoms with van der Waals surface area (Å²) in [6.45, 7) is 2.90. The molecule has 0 aromatic heterocycles. The zero-order valence-electron chi connectivity index (χ0n) is 20.1. The number of nitrogens with one attached hydrogen (secondary N) is 2. The summed E-state index contributed by atoms with van der Waals surface area (Å²) >= 11 is 0.896. The monoisotopic (exact) mass is 525 g/mol. The Morgan fingerprint density at radius 2 is 1.92 bits per heavy atom. The molecule has 2 rings (SSSR count). The van der Waals surface area contributed by atoms with Crippen molar-refractivity contribution in [1.29, 1.82) is 0 Å². The van der Waals surface area contributed by atoms with E-state index in [0.717, 1.165) is 11.8 Å². The van der Waals surface area contributed by atoms with Crippen LogP contribution in [0.1, 0.15) is 32.3 Å². The highest BCUT2D eigenvalue weighted by atomic mass is 32.2. The van der Waals surface area contributed by atoms with E-state index >= 15 is 0 Å². The molecule has 1 aromatic rings. The molecule has 1 fully saturated rings. The van der Waals surface area contributed by atoms with Gasteiger partial charge in [-0.3, -0.25) is 24.0 Å². The molecule has 2 amide bonds. The van der Waals surface area contributed by atoms with Crippen LogP contribution in [-0.2, 0) is 39.9 Å². The van der Waals surface area contributed by atoms with Gasteiger partial charge in [-0.2, -0.15) is 0 Å². The van der Waals surface area contributed by atoms with E-state index in [-0.39, 0.29) is 55.7 Å². The molecule has 2 atom stereocenters. The van der Waals surface area contributed by atoms with Crippen LogP contribution in [0.4, 0.5) is 0 Å². The molecule has 1 aliphatic rings. The number of nitrogens with two attached hydrogens (primary N) is 1. The molecule has 1 aliphatic heterocycles. The average molecular weight is 526 g/mol. The molecule has 0 bridgehead atoms. The Morgan fingerprint density at radius 1 is 1.19 bits per heavy atom. The van der Waals surface area contributed by atoms with Gasteiger partial charge in [-0.25, -0.2) is 0 Å². The highest BCUT2D eigenvalue weighted by Gasteiger charge is 2.41. The summed E-state index contributed by atoms with van der Waals surface area (Å²) in [6, 6.07) is 2.74. The van der Waals surface area contributed by atoms with E-state index < -0.39 is 46.9 Å². The van der Waals surface area contributed by atoms with Gasteiger partial charge in [0, 0.05) is 30.7 Å². The van der Waals surface area contributed by atoms with Crippen LogP contribution >= 0.6 is 11.8 Å². The average Bonchev–Trinajstić information content (AvgIpc) is 2.80. The normalized spacial score (nSPS) is 21.0. The second kappa shape index (κ2) is 13.1. The third-order valence-corrected chi connectivity index (χ3v) is 6.09. The number of esters is 2. The van der Waals surface area contributed by atoms with Crippen molar-refractivity contribution in [2.45, 2.75) is 45.3 Å². The molecule has 0 spiro atoms. The van der Waals surface area contributed by atoms with Gasteiger partial charge < -0.3 is 36.1 Å². The summed E-state index contributed by atoms with van der Waals surface area (Å²) < 4.78 is 10.6. The number of carbonyl (C=O) groups is 5. The lowest BCUT2D eigenvalue weighted by Crippen LogP contribution is -2.51. The topological polar surface area (TPSA) is 194 Å². The summed E-state index contributed by atoms with van der Waals surface area (Å²) in [5, 5.41) is 23.8. The van der Waals surface area contributed by atoms with Crippen molar-refractivity contribution < 1.29 is 43.7 Å². The number of phenolic OH excluding ortho intramolecular Hbond substituents is 2. The van der Waals surface area contributed by atoms with Crippen LogP contribution in [0.25, 0.3) is 0 Å². The second-order valence-electron chi connectivity index (χ2n) is 8.89. The lowest BCUT2D eigenvalue weighted by molar-refractivity contribution is -0.169. The van der Waals surface area contributed by atoms with Gasteiger partial charge in [0.1, 0.15) is 19.1 Å². The number of amides is 2. The standard InChI is InChI=1S/C23H31N3O9S/c1-23(2)12-34-18(30)11-19(31)36-8-7-25-17(29)5-6-26-21(32)20(23)35-22(33)14(24)9-13-3-4-15(27)16(28)10-13/h3-4,10,14,20,27-28H,5-9,11-12,24H2,1-2H3,(H,25,29)(H,26,32)/t14-,20-/m0/s1. The molecule has 13 heteroatoms. The Hall–Kier alpha value is -3.32. The molecule has 1 saturated heterocycles. The largest absolute Gasteiger partial charge is 0.504 e. The fourth-order valence-electron chi connectivity index (χ4n) is 3.20. The molecule has 6 N–H and O–H groups in total. The van der Waals surface area contributed by atoms with E-state index in [4.69, 9.17) is 15.2 Å². The number of aromatic hydroxyl groups is 2. The molecular weight excluding hydrogens is 494 g/mol. The zero-order chi connectivity index (χ0) is 26.9. The van der Waals surface area contributed by atoms with Gasteiger partial charge in [-0.15, -0.1) is 0 Å². The van der Waals surface area contributed by atoms with Gasteiger partial charge in [-0.05, 0) is 24.1 Å². The number of ether oxygens (including phenoxy) is 2. The van der Waals surface area contributed by atoms with Gasteiger partial charge in [0.2, 0.25) is 5.91 Å². The maximum absolute atomic E-state index is 12.9. The Kier molecular flexibility index (Phi) is 10.5. The first-order chi connectivity index (χ1) is 16.9. The molecule has 12 nitrogen and oxygen atoms in total. The fourth-order valence-corrected chi connectivity index (χ4v) is 3.85. The first-order valence-corrected chi connectivity index (χ1v) is 12.2. The van der Waals surface area contributed by atoms with Gasteiger partial charge in [0.05, 0.1) is 0 Å². The number of benzene rings is 1. The Morgan fingerprint density at radius 3 is 2.61 bits per heavy atom. The minimum atomic E-state index is -1.45. The maximum Gasteiger partial charge on any atom is 0.324 e. The first-order valence-electron chi connectivity index (χ1n) is 11.2. The summed E-state index contributed by atoms with van der Waals surface area (Å²) in [5.74, 6) is -3.21. The minimum Gasteiger partial charge on any atom is -0.504 e. The Labute approximate surface area is 212 Å². The molecule has 0 aliphatic carbocycles. The molecule has 198 valence electrons. The predicted molar refractivity (Wildman–Crippen MR) is 129 cm³/mol. The molecule has 36 heavy (non-hydrogen) atoms. The first kappa shape index (κ1) is 28.9. The number of phenols is 2. The Balaban J connectivity index is 2.16. The van der Waals surface area contributed by atoms with Crippen molar-refractivity contribution in [3.8, 4) is 11.5 Å². The van der Waals surface area contributed by atoms with Gasteiger partial charge in [0.25, 0.3) is 5.91 Å². The van der Waals surface area contributed by atoms with Gasteiger partial charge in [-0.1, -0.05) is 31.7 Å². The van der Waals surface area contributed by atoms with Crippen molar-refractivity contribution in [3.63, 3.8) is 0 Å². The Bertz CT molecular complexity index is 999. The van der Waals surface area contributed by atoms with Crippen LogP contribution in [0.5, 0.6) is 11.5 Å². The quantitative estimate of drug-likeness (QED) is 0.197. The van der Waals surface area contributed by atoms with Crippen molar-refractivity contribution >= 4 is 40.6 Å². The number of thioether (sulfide) groups is 1. The smallest absolute Gasteiger partial charge is 0.324 e.